The molecule has 3 N–H and O–H groups in total. The van der Waals surface area contributed by atoms with Crippen molar-refractivity contribution in [1.82, 2.24) is 10.3 Å². The Morgan fingerprint density at radius 3 is 2.72 bits per heavy atom. The minimum atomic E-state index is 0.406. The SMILES string of the molecule is Nc1nc2ccccc2c(N2CCNCC2)c1Cl. The van der Waals surface area contributed by atoms with E-state index in [1.54, 1.807) is 0 Å². The molecule has 3 rings (SSSR count). The molecule has 0 atom stereocenters. The van der Waals surface area contributed by atoms with E-state index in [9.17, 15) is 0 Å². The van der Waals surface area contributed by atoms with E-state index in [0.29, 0.717) is 10.8 Å². The molecule has 2 heterocycles. The van der Waals surface area contributed by atoms with E-state index in [-0.39, 0.29) is 0 Å². The van der Waals surface area contributed by atoms with Crippen LogP contribution in [0.5, 0.6) is 0 Å². The number of nitrogens with two attached hydrogens (primary N) is 1. The van der Waals surface area contributed by atoms with Gasteiger partial charge in [0.05, 0.1) is 11.2 Å². The van der Waals surface area contributed by atoms with Crippen LogP contribution in [-0.4, -0.2) is 31.2 Å². The van der Waals surface area contributed by atoms with Crippen LogP contribution in [0.2, 0.25) is 5.02 Å². The Balaban J connectivity index is 2.21. The fourth-order valence-electron chi connectivity index (χ4n) is 2.39. The van der Waals surface area contributed by atoms with Crippen LogP contribution >= 0.6 is 11.6 Å². The number of hydrogen-bond donors (Lipinski definition) is 2. The van der Waals surface area contributed by atoms with Gasteiger partial charge in [0.2, 0.25) is 0 Å². The van der Waals surface area contributed by atoms with Crippen molar-refractivity contribution in [2.24, 2.45) is 0 Å². The number of nitrogens with one attached hydrogen (secondary N) is 1. The van der Waals surface area contributed by atoms with Crippen molar-refractivity contribution in [3.8, 4) is 0 Å². The molecule has 1 saturated heterocycles. The number of fused-ring (bicyclic) bond motifs is 1. The summed E-state index contributed by atoms with van der Waals surface area (Å²) in [7, 11) is 0. The van der Waals surface area contributed by atoms with E-state index in [0.717, 1.165) is 42.8 Å². The molecule has 0 spiro atoms. The summed E-state index contributed by atoms with van der Waals surface area (Å²) in [6.07, 6.45) is 0. The van der Waals surface area contributed by atoms with Gasteiger partial charge in [-0.1, -0.05) is 29.8 Å². The number of aromatic nitrogens is 1. The molecule has 0 radical (unpaired) electrons. The Morgan fingerprint density at radius 2 is 1.94 bits per heavy atom. The smallest absolute Gasteiger partial charge is 0.145 e. The number of benzene rings is 1. The molecule has 1 aliphatic rings. The predicted molar refractivity (Wildman–Crippen MR) is 76.2 cm³/mol. The van der Waals surface area contributed by atoms with Gasteiger partial charge >= 0.3 is 0 Å². The van der Waals surface area contributed by atoms with Gasteiger partial charge in [0.15, 0.2) is 0 Å². The van der Waals surface area contributed by atoms with Gasteiger partial charge in [-0.05, 0) is 6.07 Å². The lowest BCUT2D eigenvalue weighted by atomic mass is 10.1. The van der Waals surface area contributed by atoms with Gasteiger partial charge in [-0.2, -0.15) is 0 Å². The number of anilines is 2. The topological polar surface area (TPSA) is 54.2 Å². The average molecular weight is 263 g/mol. The van der Waals surface area contributed by atoms with Crippen molar-refractivity contribution < 1.29 is 0 Å². The second-order valence-electron chi connectivity index (χ2n) is 4.41. The number of nitrogens with zero attached hydrogens (tertiary/aromatic N) is 2. The van der Waals surface area contributed by atoms with Crippen molar-refractivity contribution in [3.63, 3.8) is 0 Å². The Labute approximate surface area is 111 Å². The van der Waals surface area contributed by atoms with Crippen LogP contribution in [0.25, 0.3) is 10.9 Å². The Hall–Kier alpha value is -1.52. The van der Waals surface area contributed by atoms with Gasteiger partial charge in [0.1, 0.15) is 10.8 Å². The van der Waals surface area contributed by atoms with Crippen LogP contribution in [0.15, 0.2) is 24.3 Å². The second-order valence-corrected chi connectivity index (χ2v) is 4.79. The maximum Gasteiger partial charge on any atom is 0.145 e. The van der Waals surface area contributed by atoms with Gasteiger partial charge in [0.25, 0.3) is 0 Å². The van der Waals surface area contributed by atoms with E-state index in [1.165, 1.54) is 0 Å². The predicted octanol–water partition coefficient (Wildman–Crippen LogP) is 1.88. The lowest BCUT2D eigenvalue weighted by molar-refractivity contribution is 0.590. The molecule has 1 aromatic carbocycles. The third kappa shape index (κ3) is 1.87. The Morgan fingerprint density at radius 1 is 1.22 bits per heavy atom. The molecule has 1 fully saturated rings. The maximum absolute atomic E-state index is 6.36. The number of pyridine rings is 1. The highest BCUT2D eigenvalue weighted by atomic mass is 35.5. The lowest BCUT2D eigenvalue weighted by Gasteiger charge is -2.31. The first-order valence-corrected chi connectivity index (χ1v) is 6.44. The monoisotopic (exact) mass is 262 g/mol. The molecule has 0 bridgehead atoms. The zero-order valence-corrected chi connectivity index (χ0v) is 10.7. The molecule has 5 heteroatoms. The maximum atomic E-state index is 6.36. The first-order chi connectivity index (χ1) is 8.77. The van der Waals surface area contributed by atoms with Crippen LogP contribution in [0.1, 0.15) is 0 Å². The van der Waals surface area contributed by atoms with Gasteiger partial charge in [-0.15, -0.1) is 0 Å². The van der Waals surface area contributed by atoms with Crippen LogP contribution in [0.4, 0.5) is 11.5 Å². The highest BCUT2D eigenvalue weighted by molar-refractivity contribution is 6.37. The third-order valence-corrected chi connectivity index (χ3v) is 3.64. The summed E-state index contributed by atoms with van der Waals surface area (Å²) < 4.78 is 0. The molecular weight excluding hydrogens is 248 g/mol. The van der Waals surface area contributed by atoms with Crippen LogP contribution in [-0.2, 0) is 0 Å². The molecule has 0 unspecified atom stereocenters. The van der Waals surface area contributed by atoms with Gasteiger partial charge in [-0.3, -0.25) is 0 Å². The summed E-state index contributed by atoms with van der Waals surface area (Å²) in [5.41, 5.74) is 7.82. The van der Waals surface area contributed by atoms with Crippen molar-refractivity contribution >= 4 is 34.0 Å². The minimum absolute atomic E-state index is 0.406. The largest absolute Gasteiger partial charge is 0.382 e. The van der Waals surface area contributed by atoms with Crippen molar-refractivity contribution in [3.05, 3.63) is 29.3 Å². The number of piperazine rings is 1. The molecule has 1 aromatic heterocycles. The zero-order chi connectivity index (χ0) is 12.5. The first kappa shape index (κ1) is 11.6. The molecule has 18 heavy (non-hydrogen) atoms. The molecule has 4 nitrogen and oxygen atoms in total. The summed E-state index contributed by atoms with van der Waals surface area (Å²) in [4.78, 5) is 6.61. The minimum Gasteiger partial charge on any atom is -0.382 e. The van der Waals surface area contributed by atoms with Crippen LogP contribution < -0.4 is 16.0 Å². The second kappa shape index (κ2) is 4.63. The van der Waals surface area contributed by atoms with E-state index in [2.05, 4.69) is 15.2 Å². The zero-order valence-electron chi connectivity index (χ0n) is 9.99. The van der Waals surface area contributed by atoms with Crippen molar-refractivity contribution in [2.75, 3.05) is 36.8 Å². The van der Waals surface area contributed by atoms with E-state index in [4.69, 9.17) is 17.3 Å². The number of rotatable bonds is 1. The van der Waals surface area contributed by atoms with Crippen LogP contribution in [0.3, 0.4) is 0 Å². The number of para-hydroxylation sites is 1. The molecular formula is C13H15ClN4. The van der Waals surface area contributed by atoms with E-state index in [1.807, 2.05) is 24.3 Å². The van der Waals surface area contributed by atoms with Crippen LogP contribution in [0, 0.1) is 0 Å². The molecule has 2 aromatic rings. The number of halogens is 1. The fourth-order valence-corrected chi connectivity index (χ4v) is 2.65. The standard InChI is InChI=1S/C13H15ClN4/c14-11-12(18-7-5-16-6-8-18)9-3-1-2-4-10(9)17-13(11)15/h1-4,16H,5-8H2,(H2,15,17). The van der Waals surface area contributed by atoms with Crippen molar-refractivity contribution in [1.29, 1.82) is 0 Å². The van der Waals surface area contributed by atoms with E-state index >= 15 is 0 Å². The summed E-state index contributed by atoms with van der Waals surface area (Å²) in [6.45, 7) is 3.81. The van der Waals surface area contributed by atoms with Crippen molar-refractivity contribution in [2.45, 2.75) is 0 Å². The molecule has 1 aliphatic heterocycles. The highest BCUT2D eigenvalue weighted by Gasteiger charge is 2.19. The summed E-state index contributed by atoms with van der Waals surface area (Å²) in [5.74, 6) is 0.406. The fraction of sp³-hybridized carbons (Fsp3) is 0.308. The van der Waals surface area contributed by atoms with Gasteiger partial charge in [0, 0.05) is 31.6 Å². The first-order valence-electron chi connectivity index (χ1n) is 6.07. The Kier molecular flexibility index (Phi) is 2.97. The number of nitrogen functional groups attached to an aromatic ring is 1. The summed E-state index contributed by atoms with van der Waals surface area (Å²) in [5, 5.41) is 4.97. The normalized spacial score (nSPS) is 16.2. The Bertz CT molecular complexity index is 578. The molecule has 0 saturated carbocycles. The van der Waals surface area contributed by atoms with Gasteiger partial charge in [-0.25, -0.2) is 4.98 Å². The molecule has 0 amide bonds. The summed E-state index contributed by atoms with van der Waals surface area (Å²) >= 11 is 6.36. The average Bonchev–Trinajstić information content (AvgIpc) is 2.41. The molecule has 94 valence electrons. The summed E-state index contributed by atoms with van der Waals surface area (Å²) in [6, 6.07) is 7.98. The highest BCUT2D eigenvalue weighted by Crippen LogP contribution is 2.36. The van der Waals surface area contributed by atoms with Gasteiger partial charge < -0.3 is 16.0 Å². The van der Waals surface area contributed by atoms with E-state index < -0.39 is 0 Å². The quantitative estimate of drug-likeness (QED) is 0.824. The third-order valence-electron chi connectivity index (χ3n) is 3.27. The number of hydrogen-bond acceptors (Lipinski definition) is 4. The lowest BCUT2D eigenvalue weighted by Crippen LogP contribution is -2.43. The molecule has 0 aliphatic carbocycles.